The molecule has 0 unspecified atom stereocenters. The quantitative estimate of drug-likeness (QED) is 0.452. The van der Waals surface area contributed by atoms with E-state index in [1.807, 2.05) is 52.2 Å². The van der Waals surface area contributed by atoms with Crippen molar-refractivity contribution >= 4 is 11.8 Å². The number of piperidine rings is 1. The highest BCUT2D eigenvalue weighted by atomic mass is 16.4. The lowest BCUT2D eigenvalue weighted by Crippen LogP contribution is -2.41. The first-order chi connectivity index (χ1) is 16.7. The molecule has 9 nitrogen and oxygen atoms in total. The lowest BCUT2D eigenvalue weighted by molar-refractivity contribution is -0.125. The number of benzene rings is 1. The van der Waals surface area contributed by atoms with Gasteiger partial charge in [0, 0.05) is 38.2 Å². The second-order valence-electron chi connectivity index (χ2n) is 8.15. The maximum atomic E-state index is 12.7. The highest BCUT2D eigenvalue weighted by Crippen LogP contribution is 2.31. The topological polar surface area (TPSA) is 113 Å². The van der Waals surface area contributed by atoms with Crippen LogP contribution in [0.3, 0.4) is 0 Å². The van der Waals surface area contributed by atoms with E-state index >= 15 is 0 Å². The molecule has 9 heteroatoms. The lowest BCUT2D eigenvalue weighted by Gasteiger charge is -2.30. The number of amides is 1. The number of anilines is 1. The highest BCUT2D eigenvalue weighted by Gasteiger charge is 2.29. The van der Waals surface area contributed by atoms with Gasteiger partial charge in [-0.05, 0) is 43.2 Å². The summed E-state index contributed by atoms with van der Waals surface area (Å²) < 4.78 is 13.0. The van der Waals surface area contributed by atoms with Crippen LogP contribution in [-0.4, -0.2) is 40.3 Å². The molecule has 0 saturated carbocycles. The van der Waals surface area contributed by atoms with E-state index in [1.54, 1.807) is 12.1 Å². The number of carbonyl (C=O) groups excluding carboxylic acids is 1. The third kappa shape index (κ3) is 4.57. The molecule has 3 aromatic heterocycles. The van der Waals surface area contributed by atoms with Crippen molar-refractivity contribution in [2.45, 2.75) is 19.3 Å². The molecule has 1 saturated heterocycles. The van der Waals surface area contributed by atoms with Crippen LogP contribution in [0.4, 0.5) is 5.88 Å². The van der Waals surface area contributed by atoms with E-state index in [4.69, 9.17) is 8.83 Å². The molecule has 0 bridgehead atoms. The molecule has 0 radical (unpaired) electrons. The van der Waals surface area contributed by atoms with E-state index < -0.39 is 0 Å². The zero-order valence-electron chi connectivity index (χ0n) is 18.6. The van der Waals surface area contributed by atoms with Gasteiger partial charge in [-0.2, -0.15) is 15.3 Å². The number of para-hydroxylation sites is 1. The molecule has 1 aliphatic heterocycles. The molecular weight excluding hydrogens is 432 g/mol. The summed E-state index contributed by atoms with van der Waals surface area (Å²) in [6.45, 7) is 1.76. The van der Waals surface area contributed by atoms with Crippen LogP contribution in [0, 0.1) is 17.2 Å². The minimum absolute atomic E-state index is 0.0523. The van der Waals surface area contributed by atoms with Crippen molar-refractivity contribution in [2.24, 2.45) is 5.92 Å². The van der Waals surface area contributed by atoms with E-state index in [9.17, 15) is 10.1 Å². The van der Waals surface area contributed by atoms with Crippen molar-refractivity contribution < 1.29 is 13.6 Å². The summed E-state index contributed by atoms with van der Waals surface area (Å²) in [6.07, 6.45) is 5.48. The molecule has 0 atom stereocenters. The summed E-state index contributed by atoms with van der Waals surface area (Å²) in [7, 11) is 0. The maximum Gasteiger partial charge on any atom is 0.266 e. The van der Waals surface area contributed by atoms with E-state index in [0.717, 1.165) is 11.4 Å². The summed E-state index contributed by atoms with van der Waals surface area (Å²) in [6, 6.07) is 17.5. The van der Waals surface area contributed by atoms with Crippen LogP contribution in [0.2, 0.25) is 0 Å². The number of carbonyl (C=O) groups is 1. The van der Waals surface area contributed by atoms with Gasteiger partial charge >= 0.3 is 0 Å². The van der Waals surface area contributed by atoms with Crippen LogP contribution in [0.5, 0.6) is 0 Å². The Bertz CT molecular complexity index is 1280. The Morgan fingerprint density at radius 2 is 1.97 bits per heavy atom. The summed E-state index contributed by atoms with van der Waals surface area (Å²) in [5, 5.41) is 17.1. The standard InChI is InChI=1S/C25H24N6O3/c26-17-21-25(34-24(28-21)22-7-4-16-33-22)30-13-9-18(10-14-30)23(32)27-12-8-19-11-15-31(29-19)20-5-2-1-3-6-20/h1-7,11,15-16,18H,8-10,12-14H2,(H,27,32). The average Bonchev–Trinajstić information content (AvgIpc) is 3.65. The number of nitrogens with one attached hydrogen (secondary N) is 1. The molecule has 5 rings (SSSR count). The van der Waals surface area contributed by atoms with E-state index in [2.05, 4.69) is 21.5 Å². The van der Waals surface area contributed by atoms with Gasteiger partial charge in [-0.3, -0.25) is 4.79 Å². The molecule has 0 aliphatic carbocycles. The summed E-state index contributed by atoms with van der Waals surface area (Å²) in [5.41, 5.74) is 2.16. The molecule has 4 aromatic rings. The van der Waals surface area contributed by atoms with Gasteiger partial charge in [-0.1, -0.05) is 18.2 Å². The number of nitrogens with zero attached hydrogens (tertiary/aromatic N) is 5. The Balaban J connectivity index is 1.11. The summed E-state index contributed by atoms with van der Waals surface area (Å²) in [4.78, 5) is 18.9. The molecule has 1 amide bonds. The highest BCUT2D eigenvalue weighted by molar-refractivity contribution is 5.79. The van der Waals surface area contributed by atoms with Gasteiger partial charge in [-0.15, -0.1) is 0 Å². The number of hydrogen-bond acceptors (Lipinski definition) is 7. The number of aromatic nitrogens is 3. The molecule has 1 fully saturated rings. The van der Waals surface area contributed by atoms with Gasteiger partial charge in [0.05, 0.1) is 17.6 Å². The number of rotatable bonds is 7. The number of furan rings is 1. The van der Waals surface area contributed by atoms with Crippen molar-refractivity contribution in [2.75, 3.05) is 24.5 Å². The Kier molecular flexibility index (Phi) is 6.12. The van der Waals surface area contributed by atoms with Crippen LogP contribution >= 0.6 is 0 Å². The number of hydrogen-bond donors (Lipinski definition) is 1. The Morgan fingerprint density at radius 1 is 1.15 bits per heavy atom. The van der Waals surface area contributed by atoms with Gasteiger partial charge in [0.15, 0.2) is 5.76 Å². The van der Waals surface area contributed by atoms with Crippen LogP contribution in [0.25, 0.3) is 17.3 Å². The lowest BCUT2D eigenvalue weighted by atomic mass is 9.96. The first-order valence-electron chi connectivity index (χ1n) is 11.3. The third-order valence-electron chi connectivity index (χ3n) is 5.95. The average molecular weight is 457 g/mol. The second-order valence-corrected chi connectivity index (χ2v) is 8.15. The van der Waals surface area contributed by atoms with Gasteiger partial charge in [-0.25, -0.2) is 4.68 Å². The van der Waals surface area contributed by atoms with Crippen molar-refractivity contribution in [3.63, 3.8) is 0 Å². The van der Waals surface area contributed by atoms with Crippen molar-refractivity contribution in [3.05, 3.63) is 72.4 Å². The van der Waals surface area contributed by atoms with E-state index in [-0.39, 0.29) is 23.4 Å². The predicted molar refractivity (Wildman–Crippen MR) is 124 cm³/mol. The third-order valence-corrected chi connectivity index (χ3v) is 5.95. The van der Waals surface area contributed by atoms with Crippen LogP contribution in [0.1, 0.15) is 24.2 Å². The van der Waals surface area contributed by atoms with Crippen LogP contribution < -0.4 is 10.2 Å². The van der Waals surface area contributed by atoms with Crippen molar-refractivity contribution in [1.29, 1.82) is 5.26 Å². The number of nitriles is 1. The van der Waals surface area contributed by atoms with Gasteiger partial charge < -0.3 is 19.1 Å². The fourth-order valence-electron chi connectivity index (χ4n) is 4.13. The molecular formula is C25H24N6O3. The monoisotopic (exact) mass is 456 g/mol. The van der Waals surface area contributed by atoms with Crippen molar-refractivity contribution in [1.82, 2.24) is 20.1 Å². The largest absolute Gasteiger partial charge is 0.459 e. The Labute approximate surface area is 196 Å². The normalized spacial score (nSPS) is 14.1. The van der Waals surface area contributed by atoms with Gasteiger partial charge in [0.2, 0.25) is 17.5 Å². The van der Waals surface area contributed by atoms with Gasteiger partial charge in [0.1, 0.15) is 6.07 Å². The van der Waals surface area contributed by atoms with Gasteiger partial charge in [0.25, 0.3) is 5.89 Å². The first kappa shape index (κ1) is 21.5. The predicted octanol–water partition coefficient (Wildman–Crippen LogP) is 3.57. The minimum atomic E-state index is -0.0730. The molecule has 1 aromatic carbocycles. The molecule has 4 heterocycles. The van der Waals surface area contributed by atoms with Crippen LogP contribution in [-0.2, 0) is 11.2 Å². The molecule has 0 spiro atoms. The summed E-state index contributed by atoms with van der Waals surface area (Å²) in [5.74, 6) is 1.17. The van der Waals surface area contributed by atoms with E-state index in [0.29, 0.717) is 50.5 Å². The molecule has 1 aliphatic rings. The zero-order valence-corrected chi connectivity index (χ0v) is 18.6. The van der Waals surface area contributed by atoms with Crippen LogP contribution in [0.15, 0.2) is 69.8 Å². The minimum Gasteiger partial charge on any atom is -0.459 e. The van der Waals surface area contributed by atoms with E-state index in [1.165, 1.54) is 6.26 Å². The molecule has 172 valence electrons. The van der Waals surface area contributed by atoms with Crippen molar-refractivity contribution in [3.8, 4) is 23.4 Å². The zero-order chi connectivity index (χ0) is 23.3. The smallest absolute Gasteiger partial charge is 0.266 e. The number of oxazole rings is 1. The maximum absolute atomic E-state index is 12.7. The molecule has 34 heavy (non-hydrogen) atoms. The summed E-state index contributed by atoms with van der Waals surface area (Å²) >= 11 is 0. The SMILES string of the molecule is N#Cc1nc(-c2ccco2)oc1N1CCC(C(=O)NCCc2ccn(-c3ccccc3)n2)CC1. The fourth-order valence-corrected chi connectivity index (χ4v) is 4.13. The fraction of sp³-hybridized carbons (Fsp3) is 0.280. The molecule has 1 N–H and O–H groups in total. The Hall–Kier alpha value is -4.32. The second kappa shape index (κ2) is 9.67. The Morgan fingerprint density at radius 3 is 2.71 bits per heavy atom. The first-order valence-corrected chi connectivity index (χ1v) is 11.3.